The summed E-state index contributed by atoms with van der Waals surface area (Å²) in [5.74, 6) is -0.954. The van der Waals surface area contributed by atoms with E-state index in [0.717, 1.165) is 5.69 Å². The number of rotatable bonds is 4. The van der Waals surface area contributed by atoms with Crippen LogP contribution >= 0.6 is 0 Å². The summed E-state index contributed by atoms with van der Waals surface area (Å²) in [7, 11) is -3.80. The van der Waals surface area contributed by atoms with Crippen molar-refractivity contribution in [2.24, 2.45) is 5.73 Å². The molecule has 143 valence electrons. The lowest BCUT2D eigenvalue weighted by atomic mass is 10.1. The molecular formula is C18H17N6O3S. The SMILES string of the molecule is Cc1c(S(=O)(=O)N2CCc3[c]nc(C(N)=O)nc3C2)cnn1-c1ccccc1. The maximum atomic E-state index is 13.2. The zero-order valence-electron chi connectivity index (χ0n) is 15.0. The van der Waals surface area contributed by atoms with Gasteiger partial charge in [0.15, 0.2) is 0 Å². The van der Waals surface area contributed by atoms with Crippen LogP contribution in [-0.2, 0) is 23.0 Å². The Morgan fingerprint density at radius 2 is 2.00 bits per heavy atom. The quantitative estimate of drug-likeness (QED) is 0.688. The molecule has 1 aliphatic heterocycles. The fourth-order valence-corrected chi connectivity index (χ4v) is 4.69. The van der Waals surface area contributed by atoms with E-state index in [1.54, 1.807) is 11.6 Å². The Morgan fingerprint density at radius 1 is 1.25 bits per heavy atom. The largest absolute Gasteiger partial charge is 0.363 e. The molecule has 2 aromatic heterocycles. The number of amides is 1. The number of hydrogen-bond donors (Lipinski definition) is 1. The number of benzene rings is 1. The van der Waals surface area contributed by atoms with Crippen LogP contribution in [0.1, 0.15) is 27.6 Å². The van der Waals surface area contributed by atoms with Gasteiger partial charge in [-0.05, 0) is 25.5 Å². The molecule has 3 aromatic rings. The lowest BCUT2D eigenvalue weighted by Crippen LogP contribution is -2.37. The minimum Gasteiger partial charge on any atom is -0.363 e. The average Bonchev–Trinajstić information content (AvgIpc) is 3.10. The van der Waals surface area contributed by atoms with E-state index < -0.39 is 15.9 Å². The first-order valence-corrected chi connectivity index (χ1v) is 9.99. The average molecular weight is 397 g/mol. The molecule has 4 rings (SSSR count). The molecule has 0 atom stereocenters. The summed E-state index contributed by atoms with van der Waals surface area (Å²) in [6.45, 7) is 2.00. The van der Waals surface area contributed by atoms with Crippen molar-refractivity contribution < 1.29 is 13.2 Å². The van der Waals surface area contributed by atoms with Gasteiger partial charge >= 0.3 is 0 Å². The van der Waals surface area contributed by atoms with Crippen LogP contribution in [0.15, 0.2) is 41.4 Å². The van der Waals surface area contributed by atoms with Gasteiger partial charge in [-0.3, -0.25) is 4.79 Å². The molecule has 28 heavy (non-hydrogen) atoms. The Balaban J connectivity index is 1.68. The Bertz CT molecular complexity index is 1160. The van der Waals surface area contributed by atoms with Gasteiger partial charge in [0.25, 0.3) is 5.91 Å². The molecule has 9 nitrogen and oxygen atoms in total. The minimum atomic E-state index is -3.80. The first-order chi connectivity index (χ1) is 13.4. The summed E-state index contributed by atoms with van der Waals surface area (Å²) in [5, 5.41) is 4.25. The molecule has 10 heteroatoms. The molecule has 1 amide bonds. The minimum absolute atomic E-state index is 0.0208. The van der Waals surface area contributed by atoms with Crippen LogP contribution in [-0.4, -0.2) is 44.9 Å². The van der Waals surface area contributed by atoms with E-state index in [1.165, 1.54) is 10.5 Å². The van der Waals surface area contributed by atoms with E-state index in [0.29, 0.717) is 23.4 Å². The fourth-order valence-electron chi connectivity index (χ4n) is 3.15. The molecular weight excluding hydrogens is 380 g/mol. The van der Waals surface area contributed by atoms with Crippen molar-refractivity contribution in [3.63, 3.8) is 0 Å². The first kappa shape index (κ1) is 18.3. The Hall–Kier alpha value is -3.11. The molecule has 0 saturated carbocycles. The second-order valence-electron chi connectivity index (χ2n) is 6.38. The Labute approximate surface area is 161 Å². The highest BCUT2D eigenvalue weighted by Crippen LogP contribution is 2.26. The smallest absolute Gasteiger partial charge is 0.286 e. The number of primary amides is 1. The predicted octanol–water partition coefficient (Wildman–Crippen LogP) is 0.617. The third-order valence-corrected chi connectivity index (χ3v) is 6.58. The van der Waals surface area contributed by atoms with Gasteiger partial charge in [-0.15, -0.1) is 0 Å². The van der Waals surface area contributed by atoms with Crippen molar-refractivity contribution >= 4 is 15.9 Å². The standard InChI is InChI=1S/C18H17N6O3S/c1-12-16(10-21-24(12)14-5-3-2-4-6-14)28(26,27)23-8-7-13-9-20-18(17(19)25)22-15(13)11-23/h2-6,10H,7-8,11H2,1H3,(H2,19,25). The molecule has 3 heterocycles. The molecule has 2 N–H and O–H groups in total. The van der Waals surface area contributed by atoms with Crippen LogP contribution in [0, 0.1) is 13.1 Å². The number of hydrogen-bond acceptors (Lipinski definition) is 6. The molecule has 1 aromatic carbocycles. The summed E-state index contributed by atoms with van der Waals surface area (Å²) in [5.41, 5.74) is 7.63. The number of aromatic nitrogens is 4. The Morgan fingerprint density at radius 3 is 2.71 bits per heavy atom. The highest BCUT2D eigenvalue weighted by molar-refractivity contribution is 7.89. The maximum absolute atomic E-state index is 13.2. The molecule has 0 aliphatic carbocycles. The van der Waals surface area contributed by atoms with E-state index in [-0.39, 0.29) is 23.8 Å². The lowest BCUT2D eigenvalue weighted by Gasteiger charge is -2.26. The molecule has 0 saturated heterocycles. The van der Waals surface area contributed by atoms with Gasteiger partial charge in [0.05, 0.1) is 36.0 Å². The number of carbonyl (C=O) groups is 1. The number of carbonyl (C=O) groups excluding carboxylic acids is 1. The van der Waals surface area contributed by atoms with Gasteiger partial charge in [-0.1, -0.05) is 18.2 Å². The second kappa shape index (κ2) is 6.80. The molecule has 0 fully saturated rings. The van der Waals surface area contributed by atoms with E-state index in [1.807, 2.05) is 30.3 Å². The summed E-state index contributed by atoms with van der Waals surface area (Å²) >= 11 is 0. The van der Waals surface area contributed by atoms with Gasteiger partial charge < -0.3 is 5.73 Å². The number of nitrogens with zero attached hydrogens (tertiary/aromatic N) is 5. The number of para-hydroxylation sites is 1. The highest BCUT2D eigenvalue weighted by Gasteiger charge is 2.32. The van der Waals surface area contributed by atoms with Crippen molar-refractivity contribution in [2.45, 2.75) is 24.8 Å². The van der Waals surface area contributed by atoms with Gasteiger partial charge in [0, 0.05) is 12.1 Å². The summed E-state index contributed by atoms with van der Waals surface area (Å²) in [6.07, 6.45) is 4.49. The molecule has 0 unspecified atom stereocenters. The van der Waals surface area contributed by atoms with E-state index in [2.05, 4.69) is 21.3 Å². The van der Waals surface area contributed by atoms with Crippen molar-refractivity contribution in [3.05, 3.63) is 65.5 Å². The highest BCUT2D eigenvalue weighted by atomic mass is 32.2. The van der Waals surface area contributed by atoms with Crippen molar-refractivity contribution in [1.29, 1.82) is 0 Å². The van der Waals surface area contributed by atoms with E-state index >= 15 is 0 Å². The second-order valence-corrected chi connectivity index (χ2v) is 8.29. The van der Waals surface area contributed by atoms with Crippen molar-refractivity contribution in [1.82, 2.24) is 24.1 Å². The lowest BCUT2D eigenvalue weighted by molar-refractivity contribution is 0.0989. The van der Waals surface area contributed by atoms with Gasteiger partial charge in [-0.25, -0.2) is 23.1 Å². The van der Waals surface area contributed by atoms with Crippen LogP contribution in [0.25, 0.3) is 5.69 Å². The fraction of sp³-hybridized carbons (Fsp3) is 0.222. The third-order valence-electron chi connectivity index (χ3n) is 4.63. The zero-order valence-corrected chi connectivity index (χ0v) is 15.8. The number of sulfonamides is 1. The van der Waals surface area contributed by atoms with Crippen LogP contribution in [0.3, 0.4) is 0 Å². The predicted molar refractivity (Wildman–Crippen MR) is 99.0 cm³/mol. The van der Waals surface area contributed by atoms with Crippen molar-refractivity contribution in [2.75, 3.05) is 6.54 Å². The molecule has 0 spiro atoms. The maximum Gasteiger partial charge on any atom is 0.286 e. The molecule has 1 aliphatic rings. The Kier molecular flexibility index (Phi) is 4.44. The van der Waals surface area contributed by atoms with Crippen LogP contribution < -0.4 is 5.73 Å². The topological polar surface area (TPSA) is 124 Å². The van der Waals surface area contributed by atoms with Gasteiger partial charge in [-0.2, -0.15) is 9.40 Å². The van der Waals surface area contributed by atoms with E-state index in [4.69, 9.17) is 5.73 Å². The van der Waals surface area contributed by atoms with Gasteiger partial charge in [0.1, 0.15) is 4.90 Å². The van der Waals surface area contributed by atoms with Gasteiger partial charge in [0.2, 0.25) is 15.8 Å². The zero-order chi connectivity index (χ0) is 19.9. The summed E-state index contributed by atoms with van der Waals surface area (Å²) < 4.78 is 29.3. The van der Waals surface area contributed by atoms with E-state index in [9.17, 15) is 13.2 Å². The molecule has 1 radical (unpaired) electrons. The molecule has 0 bridgehead atoms. The normalized spacial score (nSPS) is 14.6. The van der Waals surface area contributed by atoms with Crippen molar-refractivity contribution in [3.8, 4) is 5.69 Å². The monoisotopic (exact) mass is 397 g/mol. The summed E-state index contributed by atoms with van der Waals surface area (Å²) in [6, 6.07) is 9.30. The summed E-state index contributed by atoms with van der Waals surface area (Å²) in [4.78, 5) is 19.3. The third kappa shape index (κ3) is 3.06. The number of nitrogens with two attached hydrogens (primary N) is 1. The van der Waals surface area contributed by atoms with Crippen LogP contribution in [0.2, 0.25) is 0 Å². The van der Waals surface area contributed by atoms with Crippen LogP contribution in [0.4, 0.5) is 0 Å². The first-order valence-electron chi connectivity index (χ1n) is 8.55. The van der Waals surface area contributed by atoms with Crippen LogP contribution in [0.5, 0.6) is 0 Å². The number of fused-ring (bicyclic) bond motifs is 1.